The van der Waals surface area contributed by atoms with E-state index in [2.05, 4.69) is 5.43 Å². The first-order valence-electron chi connectivity index (χ1n) is 9.41. The van der Waals surface area contributed by atoms with Crippen LogP contribution in [0.2, 0.25) is 0 Å². The molecule has 2 aliphatic rings. The van der Waals surface area contributed by atoms with Crippen molar-refractivity contribution < 1.29 is 28.6 Å². The Morgan fingerprint density at radius 2 is 1.89 bits per heavy atom. The molecule has 1 aromatic rings. The lowest BCUT2D eigenvalue weighted by Gasteiger charge is -2.30. The summed E-state index contributed by atoms with van der Waals surface area (Å²) in [5.74, 6) is -1.03. The van der Waals surface area contributed by atoms with Crippen molar-refractivity contribution >= 4 is 17.9 Å². The first-order valence-corrected chi connectivity index (χ1v) is 9.41. The predicted octanol–water partition coefficient (Wildman–Crippen LogP) is 0.345. The molecule has 3 amide bonds. The molecular weight excluding hydrogens is 366 g/mol. The van der Waals surface area contributed by atoms with E-state index in [1.807, 2.05) is 30.3 Å². The Kier molecular flexibility index (Phi) is 6.83. The van der Waals surface area contributed by atoms with Crippen LogP contribution in [0.25, 0.3) is 0 Å². The lowest BCUT2D eigenvalue weighted by molar-refractivity contribution is -0.145. The number of epoxide rings is 1. The average Bonchev–Trinajstić information content (AvgIpc) is 3.53. The molecule has 28 heavy (non-hydrogen) atoms. The van der Waals surface area contributed by atoms with E-state index >= 15 is 0 Å². The van der Waals surface area contributed by atoms with Gasteiger partial charge in [0.25, 0.3) is 5.91 Å². The topological polar surface area (TPSA) is 101 Å². The van der Waals surface area contributed by atoms with E-state index in [4.69, 9.17) is 14.2 Å². The smallest absolute Gasteiger partial charge is 0.338 e. The molecule has 2 aliphatic heterocycles. The van der Waals surface area contributed by atoms with Gasteiger partial charge in [0.15, 0.2) is 12.2 Å². The largest absolute Gasteiger partial charge is 0.464 e. The Balaban J connectivity index is 1.62. The van der Waals surface area contributed by atoms with E-state index in [-0.39, 0.29) is 19.2 Å². The number of hydrogen-bond acceptors (Lipinski definition) is 6. The normalized spacial score (nSPS) is 21.0. The van der Waals surface area contributed by atoms with Crippen LogP contribution < -0.4 is 5.43 Å². The number of hydrazine groups is 1. The number of morpholine rings is 1. The molecule has 9 heteroatoms. The summed E-state index contributed by atoms with van der Waals surface area (Å²) in [5, 5.41) is 1.23. The number of carbonyl (C=O) groups is 3. The second kappa shape index (κ2) is 9.52. The van der Waals surface area contributed by atoms with Crippen molar-refractivity contribution in [3.05, 3.63) is 35.9 Å². The van der Waals surface area contributed by atoms with Gasteiger partial charge in [-0.05, 0) is 18.9 Å². The molecule has 0 radical (unpaired) electrons. The Morgan fingerprint density at radius 1 is 1.18 bits per heavy atom. The van der Waals surface area contributed by atoms with Gasteiger partial charge in [0.05, 0.1) is 19.8 Å². The fraction of sp³-hybridized carbons (Fsp3) is 0.526. The summed E-state index contributed by atoms with van der Waals surface area (Å²) in [6.07, 6.45) is -1.29. The van der Waals surface area contributed by atoms with Crippen LogP contribution in [0.15, 0.2) is 30.3 Å². The fourth-order valence-electron chi connectivity index (χ4n) is 2.92. The van der Waals surface area contributed by atoms with Gasteiger partial charge in [0.2, 0.25) is 0 Å². The number of benzene rings is 1. The molecule has 2 heterocycles. The molecule has 152 valence electrons. The lowest BCUT2D eigenvalue weighted by Crippen LogP contribution is -2.55. The first-order chi connectivity index (χ1) is 13.6. The number of ether oxygens (including phenoxy) is 3. The van der Waals surface area contributed by atoms with Crippen molar-refractivity contribution in [2.45, 2.75) is 25.6 Å². The fourth-order valence-corrected chi connectivity index (χ4v) is 2.92. The molecule has 0 aromatic heterocycles. The summed E-state index contributed by atoms with van der Waals surface area (Å²) in [6.45, 7) is 3.99. The zero-order valence-electron chi connectivity index (χ0n) is 15.8. The number of urea groups is 1. The Morgan fingerprint density at radius 3 is 2.57 bits per heavy atom. The van der Waals surface area contributed by atoms with Crippen LogP contribution in [0.3, 0.4) is 0 Å². The zero-order valence-corrected chi connectivity index (χ0v) is 15.8. The third-order valence-corrected chi connectivity index (χ3v) is 4.52. The Labute approximate surface area is 163 Å². The van der Waals surface area contributed by atoms with Gasteiger partial charge in [-0.25, -0.2) is 20.0 Å². The molecule has 1 N–H and O–H groups in total. The quantitative estimate of drug-likeness (QED) is 0.427. The highest BCUT2D eigenvalue weighted by Gasteiger charge is 2.53. The molecule has 0 saturated carbocycles. The minimum Gasteiger partial charge on any atom is -0.464 e. The van der Waals surface area contributed by atoms with Crippen LogP contribution in [-0.4, -0.2) is 79.5 Å². The maximum Gasteiger partial charge on any atom is 0.338 e. The van der Waals surface area contributed by atoms with Gasteiger partial charge >= 0.3 is 12.0 Å². The van der Waals surface area contributed by atoms with Crippen LogP contribution in [0.4, 0.5) is 4.79 Å². The third-order valence-electron chi connectivity index (χ3n) is 4.52. The van der Waals surface area contributed by atoms with Gasteiger partial charge in [0.1, 0.15) is 0 Å². The number of hydrogen-bond donors (Lipinski definition) is 1. The number of esters is 1. The van der Waals surface area contributed by atoms with Crippen LogP contribution >= 0.6 is 0 Å². The minimum absolute atomic E-state index is 0.213. The van der Waals surface area contributed by atoms with E-state index in [0.29, 0.717) is 32.7 Å². The van der Waals surface area contributed by atoms with Crippen LogP contribution in [0.1, 0.15) is 12.5 Å². The predicted molar refractivity (Wildman–Crippen MR) is 98.1 cm³/mol. The van der Waals surface area contributed by atoms with Crippen molar-refractivity contribution in [2.75, 3.05) is 39.5 Å². The Bertz CT molecular complexity index is 692. The number of nitrogens with one attached hydrogen (secondary N) is 1. The van der Waals surface area contributed by atoms with Crippen LogP contribution in [-0.2, 0) is 30.2 Å². The summed E-state index contributed by atoms with van der Waals surface area (Å²) in [6, 6.07) is 9.25. The molecule has 1 aromatic carbocycles. The standard InChI is InChI=1S/C19H25N3O6/c1-2-27-18(24)16-15(28-16)17(23)22(9-8-14-6-4-3-5-7-14)20-19(25)21-10-12-26-13-11-21/h3-7,15-16H,2,8-13H2,1H3,(H,20,25)/t15-,16-/m0/s1. The van der Waals surface area contributed by atoms with E-state index in [9.17, 15) is 14.4 Å². The molecule has 0 spiro atoms. The van der Waals surface area contributed by atoms with Crippen molar-refractivity contribution in [3.63, 3.8) is 0 Å². The number of amides is 3. The molecule has 2 atom stereocenters. The van der Waals surface area contributed by atoms with Gasteiger partial charge in [-0.2, -0.15) is 0 Å². The number of nitrogens with zero attached hydrogens (tertiary/aromatic N) is 2. The highest BCUT2D eigenvalue weighted by Crippen LogP contribution is 2.25. The number of rotatable bonds is 6. The monoisotopic (exact) mass is 391 g/mol. The van der Waals surface area contributed by atoms with Crippen molar-refractivity contribution in [2.24, 2.45) is 0 Å². The Hall–Kier alpha value is -2.65. The van der Waals surface area contributed by atoms with Crippen molar-refractivity contribution in [3.8, 4) is 0 Å². The lowest BCUT2D eigenvalue weighted by atomic mass is 10.1. The SMILES string of the molecule is CCOC(=O)[C@H]1O[C@@H]1C(=O)N(CCc1ccccc1)NC(=O)N1CCOCC1. The zero-order chi connectivity index (χ0) is 19.9. The first kappa shape index (κ1) is 20.1. The molecular formula is C19H25N3O6. The highest BCUT2D eigenvalue weighted by molar-refractivity contribution is 5.93. The summed E-state index contributed by atoms with van der Waals surface area (Å²) in [5.41, 5.74) is 3.68. The van der Waals surface area contributed by atoms with Gasteiger partial charge in [0, 0.05) is 19.6 Å². The minimum atomic E-state index is -0.931. The summed E-state index contributed by atoms with van der Waals surface area (Å²) in [4.78, 5) is 38.7. The van der Waals surface area contributed by atoms with E-state index in [0.717, 1.165) is 5.56 Å². The molecule has 0 bridgehead atoms. The van der Waals surface area contributed by atoms with Gasteiger partial charge in [-0.1, -0.05) is 30.3 Å². The maximum atomic E-state index is 12.8. The highest BCUT2D eigenvalue weighted by atomic mass is 16.6. The second-order valence-corrected chi connectivity index (χ2v) is 6.47. The summed E-state index contributed by atoms with van der Waals surface area (Å²) in [7, 11) is 0. The summed E-state index contributed by atoms with van der Waals surface area (Å²) < 4.78 is 15.3. The molecule has 0 unspecified atom stereocenters. The van der Waals surface area contributed by atoms with E-state index < -0.39 is 24.1 Å². The van der Waals surface area contributed by atoms with Crippen molar-refractivity contribution in [1.29, 1.82) is 0 Å². The van der Waals surface area contributed by atoms with Gasteiger partial charge in [-0.3, -0.25) is 4.79 Å². The number of carbonyl (C=O) groups excluding carboxylic acids is 3. The summed E-state index contributed by atoms with van der Waals surface area (Å²) >= 11 is 0. The molecule has 9 nitrogen and oxygen atoms in total. The molecule has 3 rings (SSSR count). The van der Waals surface area contributed by atoms with E-state index in [1.165, 1.54) is 5.01 Å². The molecule has 2 saturated heterocycles. The molecule has 0 aliphatic carbocycles. The average molecular weight is 391 g/mol. The van der Waals surface area contributed by atoms with Gasteiger partial charge < -0.3 is 19.1 Å². The van der Waals surface area contributed by atoms with Crippen molar-refractivity contribution in [1.82, 2.24) is 15.3 Å². The molecule has 2 fully saturated rings. The second-order valence-electron chi connectivity index (χ2n) is 6.47. The maximum absolute atomic E-state index is 12.8. The van der Waals surface area contributed by atoms with Gasteiger partial charge in [-0.15, -0.1) is 0 Å². The van der Waals surface area contributed by atoms with Crippen LogP contribution in [0.5, 0.6) is 0 Å². The van der Waals surface area contributed by atoms with E-state index in [1.54, 1.807) is 11.8 Å². The van der Waals surface area contributed by atoms with Crippen LogP contribution in [0, 0.1) is 0 Å². The third kappa shape index (κ3) is 5.20.